The van der Waals surface area contributed by atoms with E-state index < -0.39 is 0 Å². The maximum Gasteiger partial charge on any atom is 0.273 e. The SMILES string of the molecule is CCCN(OCC)C(=O)C1=Cc2sc(CN3CCC4(CCNC4)CC3)cc2N=C(N)C1. The Bertz CT molecular complexity index is 840. The number of likely N-dealkylation sites (tertiary alicyclic amines) is 1. The Morgan fingerprint density at radius 3 is 2.84 bits per heavy atom. The topological polar surface area (TPSA) is 83.2 Å². The molecule has 4 rings (SSSR count). The number of nitrogens with zero attached hydrogens (tertiary/aromatic N) is 3. The van der Waals surface area contributed by atoms with Crippen LogP contribution in [0.2, 0.25) is 0 Å². The Kier molecular flexibility index (Phi) is 7.11. The van der Waals surface area contributed by atoms with Crippen LogP contribution in [-0.2, 0) is 16.2 Å². The van der Waals surface area contributed by atoms with Crippen LogP contribution < -0.4 is 11.1 Å². The highest BCUT2D eigenvalue weighted by Gasteiger charge is 2.37. The normalized spacial score (nSPS) is 20.8. The summed E-state index contributed by atoms with van der Waals surface area (Å²) in [5.74, 6) is 0.362. The maximum atomic E-state index is 13.0. The number of carbonyl (C=O) groups excluding carboxylic acids is 1. The van der Waals surface area contributed by atoms with Gasteiger partial charge in [-0.1, -0.05) is 6.92 Å². The summed E-state index contributed by atoms with van der Waals surface area (Å²) in [6.07, 6.45) is 7.03. The summed E-state index contributed by atoms with van der Waals surface area (Å²) >= 11 is 1.72. The zero-order valence-corrected chi connectivity index (χ0v) is 19.6. The lowest BCUT2D eigenvalue weighted by Gasteiger charge is -2.38. The summed E-state index contributed by atoms with van der Waals surface area (Å²) in [6.45, 7) is 10.5. The highest BCUT2D eigenvalue weighted by Crippen LogP contribution is 2.39. The van der Waals surface area contributed by atoms with Gasteiger partial charge in [0.25, 0.3) is 5.91 Å². The number of hydroxylamine groups is 2. The van der Waals surface area contributed by atoms with Crippen LogP contribution in [-0.4, -0.2) is 61.0 Å². The lowest BCUT2D eigenvalue weighted by molar-refractivity contribution is -0.180. The molecule has 4 heterocycles. The number of thiophene rings is 1. The molecule has 3 aliphatic heterocycles. The van der Waals surface area contributed by atoms with Crippen molar-refractivity contribution in [2.45, 2.75) is 52.5 Å². The van der Waals surface area contributed by atoms with E-state index in [1.807, 2.05) is 19.9 Å². The molecule has 31 heavy (non-hydrogen) atoms. The summed E-state index contributed by atoms with van der Waals surface area (Å²) in [7, 11) is 0. The number of amidine groups is 1. The molecule has 2 saturated heterocycles. The van der Waals surface area contributed by atoms with Crippen LogP contribution in [0.3, 0.4) is 0 Å². The minimum atomic E-state index is -0.115. The first-order chi connectivity index (χ1) is 15.0. The highest BCUT2D eigenvalue weighted by molar-refractivity contribution is 7.13. The first kappa shape index (κ1) is 22.5. The van der Waals surface area contributed by atoms with Crippen LogP contribution in [0.15, 0.2) is 16.6 Å². The molecular weight excluding hydrogens is 410 g/mol. The second kappa shape index (κ2) is 9.81. The second-order valence-electron chi connectivity index (χ2n) is 8.94. The van der Waals surface area contributed by atoms with E-state index >= 15 is 0 Å². The third-order valence-electron chi connectivity index (χ3n) is 6.57. The van der Waals surface area contributed by atoms with Gasteiger partial charge in [-0.3, -0.25) is 14.5 Å². The molecule has 1 spiro atoms. The molecule has 1 amide bonds. The number of rotatable bonds is 7. The number of nitrogens with one attached hydrogen (secondary N) is 1. The number of amides is 1. The van der Waals surface area contributed by atoms with Gasteiger partial charge in [-0.2, -0.15) is 0 Å². The monoisotopic (exact) mass is 445 g/mol. The second-order valence-corrected chi connectivity index (χ2v) is 10.1. The van der Waals surface area contributed by atoms with E-state index in [0.29, 0.717) is 36.4 Å². The zero-order valence-electron chi connectivity index (χ0n) is 18.8. The summed E-state index contributed by atoms with van der Waals surface area (Å²) in [6, 6.07) is 2.14. The summed E-state index contributed by atoms with van der Waals surface area (Å²) in [4.78, 5) is 28.1. The fraction of sp³-hybridized carbons (Fsp3) is 0.652. The van der Waals surface area contributed by atoms with Gasteiger partial charge in [-0.05, 0) is 69.8 Å². The van der Waals surface area contributed by atoms with Crippen molar-refractivity contribution in [2.24, 2.45) is 16.1 Å². The van der Waals surface area contributed by atoms with Crippen LogP contribution in [0, 0.1) is 5.41 Å². The molecule has 2 fully saturated rings. The number of hydrogen-bond acceptors (Lipinski definition) is 7. The molecular formula is C23H35N5O2S. The van der Waals surface area contributed by atoms with Gasteiger partial charge in [0.05, 0.1) is 17.2 Å². The van der Waals surface area contributed by atoms with Gasteiger partial charge in [-0.15, -0.1) is 11.3 Å². The lowest BCUT2D eigenvalue weighted by Crippen LogP contribution is -2.40. The Morgan fingerprint density at radius 1 is 1.35 bits per heavy atom. The fourth-order valence-electron chi connectivity index (χ4n) is 4.82. The minimum Gasteiger partial charge on any atom is -0.387 e. The van der Waals surface area contributed by atoms with E-state index in [1.54, 1.807) is 11.3 Å². The van der Waals surface area contributed by atoms with Gasteiger partial charge in [0.1, 0.15) is 5.84 Å². The smallest absolute Gasteiger partial charge is 0.273 e. The zero-order chi connectivity index (χ0) is 21.8. The molecule has 7 nitrogen and oxygen atoms in total. The Labute approximate surface area is 189 Å². The summed E-state index contributed by atoms with van der Waals surface area (Å²) in [5.41, 5.74) is 8.23. The molecule has 0 bridgehead atoms. The van der Waals surface area contributed by atoms with Gasteiger partial charge in [0, 0.05) is 36.5 Å². The molecule has 170 valence electrons. The van der Waals surface area contributed by atoms with Gasteiger partial charge in [-0.25, -0.2) is 10.1 Å². The number of aliphatic imine (C=N–C) groups is 1. The van der Waals surface area contributed by atoms with Crippen LogP contribution in [0.25, 0.3) is 6.08 Å². The molecule has 0 atom stereocenters. The highest BCUT2D eigenvalue weighted by atomic mass is 32.1. The van der Waals surface area contributed by atoms with Crippen molar-refractivity contribution in [3.8, 4) is 0 Å². The average Bonchev–Trinajstić information content (AvgIpc) is 3.32. The van der Waals surface area contributed by atoms with Crippen LogP contribution in [0.1, 0.15) is 55.7 Å². The maximum absolute atomic E-state index is 13.0. The first-order valence-electron chi connectivity index (χ1n) is 11.6. The lowest BCUT2D eigenvalue weighted by atomic mass is 9.78. The number of nitrogens with two attached hydrogens (primary N) is 1. The molecule has 0 radical (unpaired) electrons. The van der Waals surface area contributed by atoms with Gasteiger partial charge in [0.15, 0.2) is 0 Å². The van der Waals surface area contributed by atoms with E-state index in [-0.39, 0.29) is 5.91 Å². The van der Waals surface area contributed by atoms with Crippen molar-refractivity contribution in [3.63, 3.8) is 0 Å². The number of fused-ring (bicyclic) bond motifs is 1. The number of hydrogen-bond donors (Lipinski definition) is 2. The Morgan fingerprint density at radius 2 is 2.16 bits per heavy atom. The van der Waals surface area contributed by atoms with E-state index in [0.717, 1.165) is 36.6 Å². The van der Waals surface area contributed by atoms with Crippen molar-refractivity contribution >= 4 is 34.8 Å². The molecule has 0 aromatic carbocycles. The van der Waals surface area contributed by atoms with E-state index in [9.17, 15) is 4.79 Å². The van der Waals surface area contributed by atoms with Crippen LogP contribution >= 0.6 is 11.3 Å². The molecule has 1 aromatic rings. The number of carbonyl (C=O) groups is 1. The van der Waals surface area contributed by atoms with Gasteiger partial charge in [0.2, 0.25) is 0 Å². The third kappa shape index (κ3) is 5.19. The summed E-state index contributed by atoms with van der Waals surface area (Å²) in [5, 5.41) is 5.00. The molecule has 8 heteroatoms. The number of piperidine rings is 1. The summed E-state index contributed by atoms with van der Waals surface area (Å²) < 4.78 is 0. The van der Waals surface area contributed by atoms with E-state index in [1.165, 1.54) is 42.3 Å². The Hall–Kier alpha value is -1.74. The van der Waals surface area contributed by atoms with Crippen LogP contribution in [0.4, 0.5) is 5.69 Å². The fourth-order valence-corrected chi connectivity index (χ4v) is 5.93. The van der Waals surface area contributed by atoms with Crippen molar-refractivity contribution in [1.29, 1.82) is 0 Å². The van der Waals surface area contributed by atoms with Crippen LogP contribution in [0.5, 0.6) is 0 Å². The van der Waals surface area contributed by atoms with Crippen molar-refractivity contribution in [2.75, 3.05) is 39.3 Å². The van der Waals surface area contributed by atoms with E-state index in [2.05, 4.69) is 21.3 Å². The average molecular weight is 446 g/mol. The van der Waals surface area contributed by atoms with Crippen molar-refractivity contribution in [3.05, 3.63) is 21.4 Å². The van der Waals surface area contributed by atoms with Crippen molar-refractivity contribution < 1.29 is 9.63 Å². The molecule has 3 N–H and O–H groups in total. The predicted molar refractivity (Wildman–Crippen MR) is 126 cm³/mol. The molecule has 0 aliphatic carbocycles. The van der Waals surface area contributed by atoms with Gasteiger partial charge >= 0.3 is 0 Å². The molecule has 1 aromatic heterocycles. The Balaban J connectivity index is 1.47. The third-order valence-corrected chi connectivity index (χ3v) is 7.63. The minimum absolute atomic E-state index is 0.115. The predicted octanol–water partition coefficient (Wildman–Crippen LogP) is 3.29. The molecule has 0 unspecified atom stereocenters. The van der Waals surface area contributed by atoms with Crippen molar-refractivity contribution in [1.82, 2.24) is 15.3 Å². The largest absolute Gasteiger partial charge is 0.387 e. The molecule has 0 saturated carbocycles. The van der Waals surface area contributed by atoms with Gasteiger partial charge < -0.3 is 11.1 Å². The quantitative estimate of drug-likeness (QED) is 0.629. The standard InChI is InChI=1S/C23H35N5O2S/c1-3-9-28(30-4-2)22(29)17-12-20-19(26-21(24)13-17)14-18(31-20)15-27-10-6-23(7-11-27)5-8-25-16-23/h12,14,25H,3-11,13,15-16H2,1-2H3,(H2,24,26). The van der Waals surface area contributed by atoms with E-state index in [4.69, 9.17) is 10.6 Å². The first-order valence-corrected chi connectivity index (χ1v) is 12.4. The molecule has 3 aliphatic rings.